The summed E-state index contributed by atoms with van der Waals surface area (Å²) in [4.78, 5) is 0. The van der Waals surface area contributed by atoms with Crippen LogP contribution < -0.4 is 0 Å². The second kappa shape index (κ2) is 7.08. The molecule has 1 unspecified atom stereocenters. The molecule has 0 amide bonds. The molecule has 75 valence electrons. The van der Waals surface area contributed by atoms with Gasteiger partial charge < -0.3 is 0 Å². The van der Waals surface area contributed by atoms with Crippen LogP contribution in [-0.4, -0.2) is 12.6 Å². The first-order valence-corrected chi connectivity index (χ1v) is 4.39. The zero-order chi connectivity index (χ0) is 8.43. The number of allylic oxidation sites excluding steroid dienone is 4. The van der Waals surface area contributed by atoms with Gasteiger partial charge in [-0.05, 0) is 0 Å². The van der Waals surface area contributed by atoms with Crippen molar-refractivity contribution in [1.29, 1.82) is 0 Å². The van der Waals surface area contributed by atoms with Crippen molar-refractivity contribution in [2.24, 2.45) is 0 Å². The van der Waals surface area contributed by atoms with Crippen molar-refractivity contribution in [3.05, 3.63) is 21.0 Å². The number of halogens is 5. The van der Waals surface area contributed by atoms with Gasteiger partial charge in [0, 0.05) is 0 Å². The molecule has 0 saturated heterocycles. The summed E-state index contributed by atoms with van der Waals surface area (Å²) in [5.41, 5.74) is 0.193. The topological polar surface area (TPSA) is 0 Å². The molecular formula is C7H8Cl2F3Zr. The van der Waals surface area contributed by atoms with Crippen LogP contribution in [0.15, 0.2) is 21.0 Å². The van der Waals surface area contributed by atoms with Gasteiger partial charge in [-0.25, -0.2) is 0 Å². The summed E-state index contributed by atoms with van der Waals surface area (Å²) < 4.78 is 37.1. The molecule has 0 saturated carbocycles. The van der Waals surface area contributed by atoms with Crippen molar-refractivity contribution in [2.45, 2.75) is 19.0 Å². The van der Waals surface area contributed by atoms with E-state index < -0.39 is 12.6 Å². The molecule has 0 aromatic heterocycles. The molecule has 1 aliphatic carbocycles. The normalized spacial score (nSPS) is 16.8. The zero-order valence-corrected chi connectivity index (χ0v) is 10.6. The summed E-state index contributed by atoms with van der Waals surface area (Å²) >= 11 is 1.02. The second-order valence-corrected chi connectivity index (χ2v) is 3.76. The van der Waals surface area contributed by atoms with Crippen LogP contribution in [0.3, 0.4) is 0 Å². The second-order valence-electron chi connectivity index (χ2n) is 2.28. The third-order valence-corrected chi connectivity index (χ3v) is 2.70. The fourth-order valence-electron chi connectivity index (χ4n) is 0.916. The van der Waals surface area contributed by atoms with E-state index in [9.17, 15) is 13.2 Å². The van der Waals surface area contributed by atoms with Crippen LogP contribution in [0, 0.1) is 0 Å². The van der Waals surface area contributed by atoms with E-state index in [0.717, 1.165) is 28.0 Å². The monoisotopic (exact) mass is 309 g/mol. The Kier molecular flexibility index (Phi) is 8.81. The predicted molar refractivity (Wildman–Crippen MR) is 46.2 cm³/mol. The van der Waals surface area contributed by atoms with Gasteiger partial charge in [-0.3, -0.25) is 0 Å². The Balaban J connectivity index is 0. The molecule has 0 aromatic carbocycles. The first-order chi connectivity index (χ1) is 5.13. The fourth-order valence-corrected chi connectivity index (χ4v) is 1.75. The van der Waals surface area contributed by atoms with Crippen LogP contribution in [-0.2, 0) is 24.7 Å². The third kappa shape index (κ3) is 4.18. The van der Waals surface area contributed by atoms with E-state index in [2.05, 4.69) is 0 Å². The van der Waals surface area contributed by atoms with Gasteiger partial charge >= 0.3 is 77.9 Å². The van der Waals surface area contributed by atoms with E-state index in [1.54, 1.807) is 6.08 Å². The molecule has 1 rings (SSSR count). The van der Waals surface area contributed by atoms with Gasteiger partial charge in [-0.15, -0.1) is 24.8 Å². The van der Waals surface area contributed by atoms with E-state index in [1.807, 2.05) is 0 Å². The van der Waals surface area contributed by atoms with E-state index in [-0.39, 0.29) is 30.4 Å². The summed E-state index contributed by atoms with van der Waals surface area (Å²) in [7, 11) is 0. The Morgan fingerprint density at radius 2 is 1.77 bits per heavy atom. The molecule has 0 radical (unpaired) electrons. The number of hydrogen-bond acceptors (Lipinski definition) is 0. The van der Waals surface area contributed by atoms with E-state index in [0.29, 0.717) is 6.42 Å². The molecule has 0 N–H and O–H groups in total. The third-order valence-electron chi connectivity index (χ3n) is 1.49. The minimum atomic E-state index is -2.89. The van der Waals surface area contributed by atoms with Gasteiger partial charge in [0.1, 0.15) is 0 Å². The average molecular weight is 311 g/mol. The molecule has 1 atom stereocenters. The van der Waals surface area contributed by atoms with Gasteiger partial charge in [0.15, 0.2) is 0 Å². The summed E-state index contributed by atoms with van der Waals surface area (Å²) in [6, 6.07) is 0. The molecule has 0 fully saturated rings. The van der Waals surface area contributed by atoms with Crippen molar-refractivity contribution in [3.63, 3.8) is 0 Å². The molecule has 13 heavy (non-hydrogen) atoms. The first-order valence-electron chi connectivity index (χ1n) is 3.16. The van der Waals surface area contributed by atoms with Gasteiger partial charge in [0.2, 0.25) is 0 Å². The van der Waals surface area contributed by atoms with Crippen molar-refractivity contribution in [2.75, 3.05) is 0 Å². The fraction of sp³-hybridized carbons (Fsp3) is 0.429. The summed E-state index contributed by atoms with van der Waals surface area (Å²) in [6.45, 7) is 0. The van der Waals surface area contributed by atoms with Crippen molar-refractivity contribution >= 4 is 24.8 Å². The maximum atomic E-state index is 12.6. The Hall–Kier alpha value is 0.733. The number of alkyl halides is 3. The van der Waals surface area contributed by atoms with Crippen molar-refractivity contribution < 1.29 is 37.9 Å². The van der Waals surface area contributed by atoms with E-state index in [1.165, 1.54) is 6.08 Å². The minimum absolute atomic E-state index is 0. The zero-order valence-electron chi connectivity index (χ0n) is 6.47. The molecule has 0 nitrogen and oxygen atoms in total. The number of hydrogen-bond donors (Lipinski definition) is 0. The van der Waals surface area contributed by atoms with Crippen LogP contribution in [0.1, 0.15) is 6.42 Å². The number of rotatable bonds is 2. The van der Waals surface area contributed by atoms with Gasteiger partial charge in [0.25, 0.3) is 0 Å². The molecule has 0 heterocycles. The standard InChI is InChI=1S/C7H6F3.2ClH.Zr/c8-6(7(9)10)5-3-1-2-4-5;;;/h1,3,6-7H,2H2;2*1H;. The first kappa shape index (κ1) is 16.2. The van der Waals surface area contributed by atoms with Gasteiger partial charge in [-0.1, -0.05) is 0 Å². The molecule has 1 aliphatic rings. The van der Waals surface area contributed by atoms with Crippen LogP contribution >= 0.6 is 24.8 Å². The quantitative estimate of drug-likeness (QED) is 0.735. The van der Waals surface area contributed by atoms with E-state index in [4.69, 9.17) is 0 Å². The maximum absolute atomic E-state index is 12.6. The van der Waals surface area contributed by atoms with E-state index >= 15 is 0 Å². The molecule has 0 spiro atoms. The summed E-state index contributed by atoms with van der Waals surface area (Å²) in [5, 5.41) is 0. The van der Waals surface area contributed by atoms with Crippen LogP contribution in [0.5, 0.6) is 0 Å². The van der Waals surface area contributed by atoms with Gasteiger partial charge in [-0.2, -0.15) is 0 Å². The van der Waals surface area contributed by atoms with Crippen LogP contribution in [0.25, 0.3) is 0 Å². The Bertz CT molecular complexity index is 216. The van der Waals surface area contributed by atoms with Crippen molar-refractivity contribution in [1.82, 2.24) is 0 Å². The SMILES string of the molecule is Cl.Cl.FC(F)C(F)C1=[C]([Zr])CC=C1. The Morgan fingerprint density at radius 1 is 1.23 bits per heavy atom. The molecule has 0 bridgehead atoms. The Labute approximate surface area is 102 Å². The van der Waals surface area contributed by atoms with Crippen molar-refractivity contribution in [3.8, 4) is 0 Å². The van der Waals surface area contributed by atoms with Crippen LogP contribution in [0.4, 0.5) is 13.2 Å². The molecular weight excluding hydrogens is 303 g/mol. The average Bonchev–Trinajstić information content (AvgIpc) is 2.33. The summed E-state index contributed by atoms with van der Waals surface area (Å²) in [6.07, 6.45) is -1.15. The molecule has 0 aliphatic heterocycles. The molecule has 0 aromatic rings. The summed E-state index contributed by atoms with van der Waals surface area (Å²) in [5.74, 6) is 0. The van der Waals surface area contributed by atoms with Crippen LogP contribution in [0.2, 0.25) is 0 Å². The molecule has 6 heteroatoms. The van der Waals surface area contributed by atoms with Gasteiger partial charge in [0.05, 0.1) is 0 Å². The Morgan fingerprint density at radius 3 is 2.08 bits per heavy atom. The predicted octanol–water partition coefficient (Wildman–Crippen LogP) is 3.19.